The van der Waals surface area contributed by atoms with Crippen LogP contribution in [0.4, 0.5) is 5.69 Å². The van der Waals surface area contributed by atoms with Crippen LogP contribution in [0.25, 0.3) is 10.9 Å². The van der Waals surface area contributed by atoms with Gasteiger partial charge < -0.3 is 15.0 Å². The van der Waals surface area contributed by atoms with Crippen molar-refractivity contribution in [2.24, 2.45) is 16.2 Å². The number of anilines is 1. The van der Waals surface area contributed by atoms with Crippen LogP contribution in [-0.4, -0.2) is 87.5 Å². The van der Waals surface area contributed by atoms with Crippen LogP contribution in [0.5, 0.6) is 5.75 Å². The number of rotatable bonds is 7. The summed E-state index contributed by atoms with van der Waals surface area (Å²) in [6, 6.07) is 15.2. The van der Waals surface area contributed by atoms with E-state index in [4.69, 9.17) is 16.3 Å². The number of nitrogens with zero attached hydrogens (tertiary/aromatic N) is 7. The van der Waals surface area contributed by atoms with E-state index in [0.29, 0.717) is 45.0 Å². The van der Waals surface area contributed by atoms with Crippen LogP contribution in [0.15, 0.2) is 59.5 Å². The number of hydrogen-bond donors (Lipinski definition) is 2. The molecule has 4 fully saturated rings. The lowest BCUT2D eigenvalue weighted by Crippen LogP contribution is -2.74. The summed E-state index contributed by atoms with van der Waals surface area (Å²) >= 11 is 6.23. The van der Waals surface area contributed by atoms with E-state index in [1.807, 2.05) is 12.1 Å². The van der Waals surface area contributed by atoms with Gasteiger partial charge in [0.1, 0.15) is 35.2 Å². The summed E-state index contributed by atoms with van der Waals surface area (Å²) < 4.78 is 7.43. The summed E-state index contributed by atoms with van der Waals surface area (Å²) in [6.07, 6.45) is 3.85. The molecule has 2 N–H and O–H groups in total. The van der Waals surface area contributed by atoms with Crippen molar-refractivity contribution in [2.75, 3.05) is 37.6 Å². The van der Waals surface area contributed by atoms with Crippen LogP contribution in [0, 0.1) is 39.4 Å². The number of benzene rings is 2. The minimum Gasteiger partial charge on any atom is -0.489 e. The highest BCUT2D eigenvalue weighted by Crippen LogP contribution is 2.55. The molecular formula is C43H44ClN9O5. The first-order valence-electron chi connectivity index (χ1n) is 19.5. The fourth-order valence-corrected chi connectivity index (χ4v) is 9.67. The second-order valence-corrected chi connectivity index (χ2v) is 17.6. The molecule has 1 spiro atoms. The zero-order valence-electron chi connectivity index (χ0n) is 32.8. The fraction of sp³-hybridized carbons (Fsp3) is 0.442. The van der Waals surface area contributed by atoms with Crippen LogP contribution >= 0.6 is 11.6 Å². The van der Waals surface area contributed by atoms with Crippen molar-refractivity contribution < 1.29 is 19.1 Å². The highest BCUT2D eigenvalue weighted by molar-refractivity contribution is 6.31. The molecule has 4 aliphatic rings. The van der Waals surface area contributed by atoms with Crippen molar-refractivity contribution in [3.8, 4) is 23.7 Å². The quantitative estimate of drug-likeness (QED) is 0.202. The number of fused-ring (bicyclic) bond motifs is 1. The number of nitrogens with one attached hydrogen (secondary N) is 2. The first-order valence-corrected chi connectivity index (χ1v) is 19.9. The van der Waals surface area contributed by atoms with Gasteiger partial charge in [-0.15, -0.1) is 5.10 Å². The smallest absolute Gasteiger partial charge is 0.278 e. The molecule has 3 saturated heterocycles. The Morgan fingerprint density at radius 1 is 1.03 bits per heavy atom. The van der Waals surface area contributed by atoms with Gasteiger partial charge in [0.05, 0.1) is 28.1 Å². The number of halogens is 1. The minimum absolute atomic E-state index is 0.151. The number of likely N-dealkylation sites (tertiary alicyclic amines) is 1. The summed E-state index contributed by atoms with van der Waals surface area (Å²) in [5.74, 6) is 5.90. The van der Waals surface area contributed by atoms with Crippen LogP contribution in [0.2, 0.25) is 5.02 Å². The van der Waals surface area contributed by atoms with E-state index in [-0.39, 0.29) is 53.0 Å². The molecule has 5 heterocycles. The van der Waals surface area contributed by atoms with Gasteiger partial charge in [0.25, 0.3) is 17.4 Å². The predicted octanol–water partition coefficient (Wildman–Crippen LogP) is 4.26. The fourth-order valence-electron chi connectivity index (χ4n) is 9.46. The van der Waals surface area contributed by atoms with E-state index in [9.17, 15) is 24.4 Å². The lowest BCUT2D eigenvalue weighted by molar-refractivity contribution is -0.164. The number of nitriles is 1. The SMILES string of the molecule is CC1(C)[C@H](NC(=O)c2ccc(C#CCN3CCC4(CC3)CN(c3ccc5c(=O)n(C6CCC(=O)NC6=O)nnc5c3)C4)nc2)C(C)(C)[C@H]1Oc1ccc(C#N)c(Cl)c1. The number of carbonyl (C=O) groups is 3. The molecule has 15 heteroatoms. The third-order valence-corrected chi connectivity index (χ3v) is 12.8. The van der Waals surface area contributed by atoms with Crippen molar-refractivity contribution in [2.45, 2.75) is 71.6 Å². The van der Waals surface area contributed by atoms with Gasteiger partial charge in [0, 0.05) is 59.7 Å². The molecule has 14 nitrogen and oxygen atoms in total. The molecule has 3 amide bonds. The lowest BCUT2D eigenvalue weighted by atomic mass is 9.49. The lowest BCUT2D eigenvalue weighted by Gasteiger charge is -2.63. The first kappa shape index (κ1) is 39.0. The van der Waals surface area contributed by atoms with E-state index in [1.165, 1.54) is 0 Å². The zero-order valence-corrected chi connectivity index (χ0v) is 33.6. The molecule has 3 aliphatic heterocycles. The van der Waals surface area contributed by atoms with Crippen molar-refractivity contribution in [1.82, 2.24) is 35.5 Å². The number of piperidine rings is 2. The third-order valence-electron chi connectivity index (χ3n) is 12.5. The number of amides is 3. The Morgan fingerprint density at radius 2 is 1.79 bits per heavy atom. The second kappa shape index (κ2) is 14.8. The zero-order chi connectivity index (χ0) is 41.0. The molecule has 1 atom stereocenters. The van der Waals surface area contributed by atoms with Crippen LogP contribution in [0.1, 0.15) is 81.0 Å². The van der Waals surface area contributed by atoms with E-state index in [2.05, 4.69) is 81.3 Å². The van der Waals surface area contributed by atoms with Gasteiger partial charge >= 0.3 is 0 Å². The molecular weight excluding hydrogens is 758 g/mol. The maximum atomic E-state index is 13.3. The van der Waals surface area contributed by atoms with Gasteiger partial charge in [-0.25, -0.2) is 4.98 Å². The van der Waals surface area contributed by atoms with Gasteiger partial charge in [-0.2, -0.15) is 9.94 Å². The van der Waals surface area contributed by atoms with Crippen LogP contribution in [0.3, 0.4) is 0 Å². The Balaban J connectivity index is 0.801. The molecule has 1 unspecified atom stereocenters. The van der Waals surface area contributed by atoms with Gasteiger partial charge in [-0.05, 0) is 80.7 Å². The summed E-state index contributed by atoms with van der Waals surface area (Å²) in [5.41, 5.74) is 1.98. The molecule has 298 valence electrons. The Kier molecular flexibility index (Phi) is 9.98. The number of imide groups is 1. The van der Waals surface area contributed by atoms with Crippen molar-refractivity contribution in [3.63, 3.8) is 0 Å². The highest BCUT2D eigenvalue weighted by atomic mass is 35.5. The number of aromatic nitrogens is 4. The van der Waals surface area contributed by atoms with Crippen molar-refractivity contribution in [3.05, 3.63) is 86.9 Å². The first-order chi connectivity index (χ1) is 27.7. The number of carbonyl (C=O) groups excluding carboxylic acids is 3. The Morgan fingerprint density at radius 3 is 2.47 bits per heavy atom. The number of ether oxygens (including phenoxy) is 1. The third kappa shape index (κ3) is 7.16. The maximum Gasteiger partial charge on any atom is 0.278 e. The predicted molar refractivity (Wildman–Crippen MR) is 216 cm³/mol. The Bertz CT molecular complexity index is 2470. The van der Waals surface area contributed by atoms with Crippen molar-refractivity contribution in [1.29, 1.82) is 5.26 Å². The van der Waals surface area contributed by atoms with Crippen LogP contribution in [-0.2, 0) is 9.59 Å². The summed E-state index contributed by atoms with van der Waals surface area (Å²) in [6.45, 7) is 12.6. The minimum atomic E-state index is -0.850. The summed E-state index contributed by atoms with van der Waals surface area (Å²) in [4.78, 5) is 59.5. The number of hydrogen-bond acceptors (Lipinski definition) is 11. The largest absolute Gasteiger partial charge is 0.489 e. The highest BCUT2D eigenvalue weighted by Gasteiger charge is 2.64. The normalized spacial score (nSPS) is 23.1. The standard InChI is InChI=1S/C43H44ClN9O5/c1-41(2)39(42(3,4)40(41)58-30-11-8-26(22-45)32(44)21-30)48-36(55)27-7-9-28(46-23-27)6-5-17-51-18-15-43(16-19-51)24-52(25-43)29-10-12-31-33(20-29)49-50-53(38(31)57)34-13-14-35(54)47-37(34)56/h7-12,20-21,23,34,39-40H,13-19,24-25H2,1-4H3,(H,48,55)(H,47,54,56)/t34?,39-,40-. The van der Waals surface area contributed by atoms with Crippen LogP contribution < -0.4 is 25.8 Å². The second-order valence-electron chi connectivity index (χ2n) is 17.2. The molecule has 8 rings (SSSR count). The monoisotopic (exact) mass is 801 g/mol. The average molecular weight is 802 g/mol. The van der Waals surface area contributed by atoms with Gasteiger partial charge in [-0.1, -0.05) is 50.4 Å². The molecule has 2 aromatic heterocycles. The van der Waals surface area contributed by atoms with E-state index >= 15 is 0 Å². The Hall–Kier alpha value is -5.83. The summed E-state index contributed by atoms with van der Waals surface area (Å²) in [7, 11) is 0. The van der Waals surface area contributed by atoms with E-state index < -0.39 is 17.5 Å². The molecule has 1 aliphatic carbocycles. The average Bonchev–Trinajstić information content (AvgIpc) is 3.19. The van der Waals surface area contributed by atoms with Gasteiger partial charge in [0.2, 0.25) is 5.91 Å². The van der Waals surface area contributed by atoms with Gasteiger partial charge in [0.15, 0.2) is 0 Å². The topological polar surface area (TPSA) is 175 Å². The van der Waals surface area contributed by atoms with E-state index in [1.54, 1.807) is 42.6 Å². The molecule has 58 heavy (non-hydrogen) atoms. The maximum absolute atomic E-state index is 13.3. The van der Waals surface area contributed by atoms with Crippen molar-refractivity contribution >= 4 is 45.9 Å². The molecule has 4 aromatic rings. The molecule has 2 aromatic carbocycles. The molecule has 0 radical (unpaired) electrons. The Labute approximate surface area is 340 Å². The van der Waals surface area contributed by atoms with Gasteiger partial charge in [-0.3, -0.25) is 29.4 Å². The molecule has 0 bridgehead atoms. The molecule has 1 saturated carbocycles. The van der Waals surface area contributed by atoms with E-state index in [0.717, 1.165) is 49.4 Å². The number of pyridine rings is 1. The summed E-state index contributed by atoms with van der Waals surface area (Å²) in [5, 5.41) is 23.7.